The number of hydrogen-bond acceptors (Lipinski definition) is 5. The van der Waals surface area contributed by atoms with Gasteiger partial charge in [-0.25, -0.2) is 0 Å². The van der Waals surface area contributed by atoms with Gasteiger partial charge in [0.2, 0.25) is 0 Å². The molecule has 26 heavy (non-hydrogen) atoms. The topological polar surface area (TPSA) is 83.1 Å². The van der Waals surface area contributed by atoms with Crippen LogP contribution in [0.25, 0.3) is 11.3 Å². The molecule has 132 valence electrons. The second-order valence-electron chi connectivity index (χ2n) is 5.98. The first-order valence-corrected chi connectivity index (χ1v) is 8.50. The van der Waals surface area contributed by atoms with Gasteiger partial charge in [0.15, 0.2) is 0 Å². The number of hydrogen-bond donors (Lipinski definition) is 2. The Hall–Kier alpha value is -3.19. The zero-order valence-corrected chi connectivity index (χ0v) is 14.2. The van der Waals surface area contributed by atoms with E-state index in [2.05, 4.69) is 25.4 Å². The summed E-state index contributed by atoms with van der Waals surface area (Å²) < 4.78 is 5.38. The van der Waals surface area contributed by atoms with E-state index in [0.29, 0.717) is 24.6 Å². The summed E-state index contributed by atoms with van der Waals surface area (Å²) in [6.07, 6.45) is 3.26. The number of aromatic nitrogens is 3. The minimum absolute atomic E-state index is 0.265. The second-order valence-corrected chi connectivity index (χ2v) is 5.98. The van der Waals surface area contributed by atoms with Crippen LogP contribution in [0.3, 0.4) is 0 Å². The SMILES string of the molecule is O=C(Nc1cn[nH]c1-c1ccccc1)c1cc(N2CCOCC2)ccn1. The molecule has 3 heterocycles. The number of nitrogens with one attached hydrogen (secondary N) is 2. The van der Waals surface area contributed by atoms with Crippen LogP contribution < -0.4 is 10.2 Å². The molecule has 3 aromatic rings. The first-order valence-electron chi connectivity index (χ1n) is 8.50. The standard InChI is InChI=1S/C19H19N5O2/c25-19(16-12-15(6-7-20-16)24-8-10-26-11-9-24)22-17-13-21-23-18(17)14-4-2-1-3-5-14/h1-7,12-13H,8-11H2,(H,21,23)(H,22,25). The zero-order chi connectivity index (χ0) is 17.8. The highest BCUT2D eigenvalue weighted by Gasteiger charge is 2.16. The lowest BCUT2D eigenvalue weighted by molar-refractivity contribution is 0.102. The Balaban J connectivity index is 1.53. The Morgan fingerprint density at radius 3 is 2.77 bits per heavy atom. The number of amides is 1. The van der Waals surface area contributed by atoms with Crippen LogP contribution in [0.15, 0.2) is 54.9 Å². The Labute approximate surface area is 151 Å². The summed E-state index contributed by atoms with van der Waals surface area (Å²) in [5.74, 6) is -0.265. The number of anilines is 2. The summed E-state index contributed by atoms with van der Waals surface area (Å²) in [6.45, 7) is 3.01. The fraction of sp³-hybridized carbons (Fsp3) is 0.211. The molecule has 2 N–H and O–H groups in total. The lowest BCUT2D eigenvalue weighted by atomic mass is 10.1. The molecule has 0 spiro atoms. The summed E-state index contributed by atoms with van der Waals surface area (Å²) in [4.78, 5) is 19.1. The third-order valence-electron chi connectivity index (χ3n) is 4.30. The van der Waals surface area contributed by atoms with Gasteiger partial charge in [0, 0.05) is 30.5 Å². The van der Waals surface area contributed by atoms with Gasteiger partial charge < -0.3 is 15.0 Å². The Kier molecular flexibility index (Phi) is 4.61. The number of morpholine rings is 1. The van der Waals surface area contributed by atoms with Crippen molar-refractivity contribution in [1.82, 2.24) is 15.2 Å². The summed E-state index contributed by atoms with van der Waals surface area (Å²) in [6, 6.07) is 13.5. The van der Waals surface area contributed by atoms with Gasteiger partial charge in [-0.15, -0.1) is 0 Å². The molecule has 1 aliphatic heterocycles. The van der Waals surface area contributed by atoms with Crippen molar-refractivity contribution in [3.63, 3.8) is 0 Å². The number of rotatable bonds is 4. The van der Waals surface area contributed by atoms with Crippen molar-refractivity contribution < 1.29 is 9.53 Å². The molecule has 7 nitrogen and oxygen atoms in total. The molecule has 0 saturated carbocycles. The summed E-state index contributed by atoms with van der Waals surface area (Å²) >= 11 is 0. The number of carbonyl (C=O) groups is 1. The van der Waals surface area contributed by atoms with Crippen molar-refractivity contribution in [2.75, 3.05) is 36.5 Å². The van der Waals surface area contributed by atoms with Crippen molar-refractivity contribution in [3.8, 4) is 11.3 Å². The van der Waals surface area contributed by atoms with Crippen LogP contribution in [0.2, 0.25) is 0 Å². The van der Waals surface area contributed by atoms with E-state index >= 15 is 0 Å². The first-order chi connectivity index (χ1) is 12.8. The summed E-state index contributed by atoms with van der Waals surface area (Å²) in [5.41, 5.74) is 3.69. The molecule has 4 rings (SSSR count). The van der Waals surface area contributed by atoms with Crippen LogP contribution in [0.1, 0.15) is 10.5 Å². The van der Waals surface area contributed by atoms with E-state index in [1.807, 2.05) is 42.5 Å². The van der Waals surface area contributed by atoms with E-state index in [-0.39, 0.29) is 5.91 Å². The van der Waals surface area contributed by atoms with Gasteiger partial charge in [-0.05, 0) is 12.1 Å². The Morgan fingerprint density at radius 2 is 1.96 bits per heavy atom. The normalized spacial score (nSPS) is 14.2. The lowest BCUT2D eigenvalue weighted by Crippen LogP contribution is -2.36. The van der Waals surface area contributed by atoms with Gasteiger partial charge >= 0.3 is 0 Å². The number of ether oxygens (including phenoxy) is 1. The maximum atomic E-state index is 12.7. The van der Waals surface area contributed by atoms with Crippen LogP contribution in [0.5, 0.6) is 0 Å². The maximum absolute atomic E-state index is 12.7. The van der Waals surface area contributed by atoms with Gasteiger partial charge in [-0.3, -0.25) is 14.9 Å². The summed E-state index contributed by atoms with van der Waals surface area (Å²) in [5, 5.41) is 9.89. The Bertz CT molecular complexity index is 888. The van der Waals surface area contributed by atoms with Crippen LogP contribution in [0.4, 0.5) is 11.4 Å². The van der Waals surface area contributed by atoms with Crippen molar-refractivity contribution in [2.45, 2.75) is 0 Å². The van der Waals surface area contributed by atoms with Crippen LogP contribution in [0, 0.1) is 0 Å². The number of benzene rings is 1. The van der Waals surface area contributed by atoms with Crippen LogP contribution in [-0.4, -0.2) is 47.4 Å². The molecule has 7 heteroatoms. The third-order valence-corrected chi connectivity index (χ3v) is 4.30. The van der Waals surface area contributed by atoms with Gasteiger partial charge in [-0.2, -0.15) is 5.10 Å². The van der Waals surface area contributed by atoms with Gasteiger partial charge in [0.25, 0.3) is 5.91 Å². The van der Waals surface area contributed by atoms with E-state index in [9.17, 15) is 4.79 Å². The molecule has 1 fully saturated rings. The van der Waals surface area contributed by atoms with Gasteiger partial charge in [-0.1, -0.05) is 30.3 Å². The van der Waals surface area contributed by atoms with E-state index in [0.717, 1.165) is 30.0 Å². The molecule has 0 atom stereocenters. The van der Waals surface area contributed by atoms with Gasteiger partial charge in [0.1, 0.15) is 5.69 Å². The minimum atomic E-state index is -0.265. The number of pyridine rings is 1. The smallest absolute Gasteiger partial charge is 0.274 e. The average Bonchev–Trinajstić information content (AvgIpc) is 3.17. The Morgan fingerprint density at radius 1 is 1.15 bits per heavy atom. The highest BCUT2D eigenvalue weighted by molar-refractivity contribution is 6.05. The van der Waals surface area contributed by atoms with E-state index in [4.69, 9.17) is 4.74 Å². The molecule has 1 aliphatic rings. The molecule has 0 unspecified atom stereocenters. The van der Waals surface area contributed by atoms with Crippen molar-refractivity contribution >= 4 is 17.3 Å². The van der Waals surface area contributed by atoms with E-state index in [1.54, 1.807) is 12.4 Å². The minimum Gasteiger partial charge on any atom is -0.378 e. The molecular formula is C19H19N5O2. The third kappa shape index (κ3) is 3.43. The zero-order valence-electron chi connectivity index (χ0n) is 14.2. The van der Waals surface area contributed by atoms with Crippen molar-refractivity contribution in [3.05, 3.63) is 60.6 Å². The molecule has 1 saturated heterocycles. The van der Waals surface area contributed by atoms with Crippen LogP contribution >= 0.6 is 0 Å². The molecular weight excluding hydrogens is 330 g/mol. The number of H-pyrrole nitrogens is 1. The van der Waals surface area contributed by atoms with E-state index in [1.165, 1.54) is 0 Å². The van der Waals surface area contributed by atoms with Crippen molar-refractivity contribution in [1.29, 1.82) is 0 Å². The fourth-order valence-electron chi connectivity index (χ4n) is 2.95. The predicted octanol–water partition coefficient (Wildman–Crippen LogP) is 2.56. The molecule has 1 aromatic carbocycles. The summed E-state index contributed by atoms with van der Waals surface area (Å²) in [7, 11) is 0. The molecule has 0 aliphatic carbocycles. The number of carbonyl (C=O) groups excluding carboxylic acids is 1. The molecule has 0 radical (unpaired) electrons. The van der Waals surface area contributed by atoms with Crippen LogP contribution in [-0.2, 0) is 4.74 Å². The largest absolute Gasteiger partial charge is 0.378 e. The van der Waals surface area contributed by atoms with E-state index < -0.39 is 0 Å². The average molecular weight is 349 g/mol. The van der Waals surface area contributed by atoms with Crippen molar-refractivity contribution in [2.24, 2.45) is 0 Å². The number of aromatic amines is 1. The van der Waals surface area contributed by atoms with Gasteiger partial charge in [0.05, 0.1) is 30.8 Å². The number of nitrogens with zero attached hydrogens (tertiary/aromatic N) is 3. The quantitative estimate of drug-likeness (QED) is 0.756. The second kappa shape index (κ2) is 7.37. The molecule has 2 aromatic heterocycles. The lowest BCUT2D eigenvalue weighted by Gasteiger charge is -2.28. The first kappa shape index (κ1) is 16.3. The predicted molar refractivity (Wildman–Crippen MR) is 99.2 cm³/mol. The maximum Gasteiger partial charge on any atom is 0.274 e. The molecule has 0 bridgehead atoms. The highest BCUT2D eigenvalue weighted by Crippen LogP contribution is 2.25. The monoisotopic (exact) mass is 349 g/mol. The molecule has 1 amide bonds. The fourth-order valence-corrected chi connectivity index (χ4v) is 2.95. The highest BCUT2D eigenvalue weighted by atomic mass is 16.5.